The number of methoxy groups -OCH3 is 1. The monoisotopic (exact) mass is 181 g/mol. The molecule has 0 spiro atoms. The molecule has 0 fully saturated rings. The summed E-state index contributed by atoms with van der Waals surface area (Å²) in [5, 5.41) is 3.51. The molecule has 0 radical (unpaired) electrons. The molecule has 6 heteroatoms. The van der Waals surface area contributed by atoms with Crippen LogP contribution in [0, 0.1) is 0 Å². The van der Waals surface area contributed by atoms with Crippen LogP contribution in [0.15, 0.2) is 0 Å². The van der Waals surface area contributed by atoms with E-state index in [0.717, 1.165) is 7.11 Å². The standard InChI is InChI=1S/C5H11NO4S/c1-3-4(5(7)10-2)11(6,8)9/h4H,3H2,1-2H3,(H2,6,8,9). The van der Waals surface area contributed by atoms with Gasteiger partial charge in [-0.15, -0.1) is 0 Å². The molecule has 0 rings (SSSR count). The maximum atomic E-state index is 10.7. The highest BCUT2D eigenvalue weighted by Gasteiger charge is 2.28. The third kappa shape index (κ3) is 2.85. The second kappa shape index (κ2) is 3.68. The highest BCUT2D eigenvalue weighted by Crippen LogP contribution is 2.02. The van der Waals surface area contributed by atoms with Gasteiger partial charge in [0.1, 0.15) is 0 Å². The van der Waals surface area contributed by atoms with Crippen molar-refractivity contribution < 1.29 is 17.9 Å². The summed E-state index contributed by atoms with van der Waals surface area (Å²) in [6.45, 7) is 1.55. The molecule has 66 valence electrons. The van der Waals surface area contributed by atoms with Gasteiger partial charge in [0.15, 0.2) is 5.25 Å². The van der Waals surface area contributed by atoms with Gasteiger partial charge in [-0.2, -0.15) is 0 Å². The molecule has 0 saturated heterocycles. The lowest BCUT2D eigenvalue weighted by Gasteiger charge is -2.08. The Morgan fingerprint density at radius 1 is 1.64 bits per heavy atom. The molecule has 0 amide bonds. The van der Waals surface area contributed by atoms with E-state index in [0.29, 0.717) is 0 Å². The number of hydrogen-bond acceptors (Lipinski definition) is 4. The van der Waals surface area contributed by atoms with Crippen LogP contribution < -0.4 is 5.14 Å². The maximum absolute atomic E-state index is 10.7. The van der Waals surface area contributed by atoms with Crippen LogP contribution in [0.1, 0.15) is 13.3 Å². The molecule has 0 heterocycles. The lowest BCUT2D eigenvalue weighted by molar-refractivity contribution is -0.140. The zero-order valence-electron chi connectivity index (χ0n) is 6.40. The van der Waals surface area contributed by atoms with Gasteiger partial charge in [0.2, 0.25) is 10.0 Å². The Morgan fingerprint density at radius 3 is 2.18 bits per heavy atom. The Bertz CT molecular complexity index is 233. The average molecular weight is 181 g/mol. The molecular weight excluding hydrogens is 170 g/mol. The van der Waals surface area contributed by atoms with Gasteiger partial charge in [0.25, 0.3) is 0 Å². The van der Waals surface area contributed by atoms with Crippen molar-refractivity contribution in [3.63, 3.8) is 0 Å². The fourth-order valence-electron chi connectivity index (χ4n) is 0.665. The minimum atomic E-state index is -3.80. The van der Waals surface area contributed by atoms with Gasteiger partial charge < -0.3 is 4.74 Å². The summed E-state index contributed by atoms with van der Waals surface area (Å²) in [6.07, 6.45) is 0.130. The third-order valence-corrected chi connectivity index (χ3v) is 2.55. The van der Waals surface area contributed by atoms with Crippen LogP contribution in [0.4, 0.5) is 0 Å². The topological polar surface area (TPSA) is 86.5 Å². The number of carbonyl (C=O) groups excluding carboxylic acids is 1. The Labute approximate surface area is 65.6 Å². The van der Waals surface area contributed by atoms with Gasteiger partial charge in [-0.05, 0) is 6.42 Å². The Morgan fingerprint density at radius 2 is 2.09 bits per heavy atom. The van der Waals surface area contributed by atoms with E-state index in [4.69, 9.17) is 5.14 Å². The number of nitrogens with two attached hydrogens (primary N) is 1. The van der Waals surface area contributed by atoms with E-state index in [1.807, 2.05) is 0 Å². The van der Waals surface area contributed by atoms with Crippen molar-refractivity contribution in [1.82, 2.24) is 0 Å². The first-order valence-corrected chi connectivity index (χ1v) is 4.63. The number of carbonyl (C=O) groups is 1. The molecule has 0 aromatic heterocycles. The molecule has 0 aliphatic heterocycles. The van der Waals surface area contributed by atoms with E-state index in [9.17, 15) is 13.2 Å². The van der Waals surface area contributed by atoms with Gasteiger partial charge >= 0.3 is 5.97 Å². The summed E-state index contributed by atoms with van der Waals surface area (Å²) in [4.78, 5) is 10.7. The van der Waals surface area contributed by atoms with Crippen molar-refractivity contribution in [2.45, 2.75) is 18.6 Å². The van der Waals surface area contributed by atoms with E-state index in [2.05, 4.69) is 4.74 Å². The molecule has 5 nitrogen and oxygen atoms in total. The van der Waals surface area contributed by atoms with E-state index >= 15 is 0 Å². The summed E-state index contributed by atoms with van der Waals surface area (Å²) < 4.78 is 25.5. The zero-order valence-corrected chi connectivity index (χ0v) is 7.22. The largest absolute Gasteiger partial charge is 0.468 e. The van der Waals surface area contributed by atoms with Crippen LogP contribution in [-0.4, -0.2) is 26.7 Å². The molecule has 11 heavy (non-hydrogen) atoms. The SMILES string of the molecule is CCC(C(=O)OC)S(N)(=O)=O. The van der Waals surface area contributed by atoms with Crippen LogP contribution in [0.25, 0.3) is 0 Å². The maximum Gasteiger partial charge on any atom is 0.325 e. The zero-order chi connectivity index (χ0) is 9.07. The van der Waals surface area contributed by atoms with E-state index < -0.39 is 21.2 Å². The smallest absolute Gasteiger partial charge is 0.325 e. The van der Waals surface area contributed by atoms with Crippen LogP contribution in [0.3, 0.4) is 0 Å². The Balaban J connectivity index is 4.56. The van der Waals surface area contributed by atoms with E-state index in [-0.39, 0.29) is 6.42 Å². The Kier molecular flexibility index (Phi) is 3.47. The summed E-state index contributed by atoms with van der Waals surface area (Å²) in [5.74, 6) is -0.810. The molecular formula is C5H11NO4S. The first kappa shape index (κ1) is 10.4. The predicted octanol–water partition coefficient (Wildman–Crippen LogP) is -0.773. The molecule has 2 N–H and O–H groups in total. The lowest BCUT2D eigenvalue weighted by Crippen LogP contribution is -2.35. The van der Waals surface area contributed by atoms with Crippen molar-refractivity contribution in [1.29, 1.82) is 0 Å². The highest BCUT2D eigenvalue weighted by atomic mass is 32.2. The molecule has 1 unspecified atom stereocenters. The van der Waals surface area contributed by atoms with Crippen molar-refractivity contribution in [3.05, 3.63) is 0 Å². The second-order valence-electron chi connectivity index (χ2n) is 2.01. The molecule has 0 aliphatic rings. The molecule has 0 saturated carbocycles. The van der Waals surface area contributed by atoms with Crippen molar-refractivity contribution in [2.75, 3.05) is 7.11 Å². The molecule has 1 atom stereocenters. The minimum Gasteiger partial charge on any atom is -0.468 e. The first-order chi connectivity index (χ1) is 4.93. The van der Waals surface area contributed by atoms with Crippen LogP contribution in [-0.2, 0) is 19.6 Å². The average Bonchev–Trinajstić information content (AvgIpc) is 1.86. The summed E-state index contributed by atoms with van der Waals surface area (Å²) in [5.41, 5.74) is 0. The third-order valence-electron chi connectivity index (χ3n) is 1.23. The van der Waals surface area contributed by atoms with Crippen molar-refractivity contribution >= 4 is 16.0 Å². The number of esters is 1. The van der Waals surface area contributed by atoms with Crippen molar-refractivity contribution in [2.24, 2.45) is 5.14 Å². The number of rotatable bonds is 3. The summed E-state index contributed by atoms with van der Waals surface area (Å²) >= 11 is 0. The summed E-state index contributed by atoms with van der Waals surface area (Å²) in [7, 11) is -2.68. The van der Waals surface area contributed by atoms with E-state index in [1.165, 1.54) is 0 Å². The predicted molar refractivity (Wildman–Crippen MR) is 39.2 cm³/mol. The second-order valence-corrected chi connectivity index (χ2v) is 3.76. The molecule has 0 aliphatic carbocycles. The normalized spacial score (nSPS) is 14.1. The lowest BCUT2D eigenvalue weighted by atomic mass is 10.3. The Hall–Kier alpha value is -0.620. The van der Waals surface area contributed by atoms with Gasteiger partial charge in [-0.3, -0.25) is 4.79 Å². The number of hydrogen-bond donors (Lipinski definition) is 1. The van der Waals surface area contributed by atoms with Gasteiger partial charge in [0, 0.05) is 0 Å². The molecule has 0 bridgehead atoms. The molecule has 0 aromatic rings. The number of primary sulfonamides is 1. The number of sulfonamides is 1. The van der Waals surface area contributed by atoms with Gasteiger partial charge in [-0.25, -0.2) is 13.6 Å². The first-order valence-electron chi connectivity index (χ1n) is 3.03. The van der Waals surface area contributed by atoms with Crippen LogP contribution in [0.5, 0.6) is 0 Å². The number of ether oxygens (including phenoxy) is 1. The fourth-order valence-corrected chi connectivity index (χ4v) is 1.49. The van der Waals surface area contributed by atoms with Gasteiger partial charge in [0.05, 0.1) is 7.11 Å². The quantitative estimate of drug-likeness (QED) is 0.579. The van der Waals surface area contributed by atoms with Crippen LogP contribution in [0.2, 0.25) is 0 Å². The highest BCUT2D eigenvalue weighted by molar-refractivity contribution is 7.90. The minimum absolute atomic E-state index is 0.130. The van der Waals surface area contributed by atoms with Crippen LogP contribution >= 0.6 is 0 Å². The van der Waals surface area contributed by atoms with E-state index in [1.54, 1.807) is 6.92 Å². The summed E-state index contributed by atoms with van der Waals surface area (Å²) in [6, 6.07) is 0. The van der Waals surface area contributed by atoms with Crippen molar-refractivity contribution in [3.8, 4) is 0 Å². The fraction of sp³-hybridized carbons (Fsp3) is 0.800. The molecule has 0 aromatic carbocycles. The van der Waals surface area contributed by atoms with Gasteiger partial charge in [-0.1, -0.05) is 6.92 Å².